The number of ether oxygens (including phenoxy) is 1. The van der Waals surface area contributed by atoms with Gasteiger partial charge in [0.1, 0.15) is 4.90 Å². The molecule has 0 bridgehead atoms. The predicted octanol–water partition coefficient (Wildman–Crippen LogP) is 4.51. The molecule has 0 saturated carbocycles. The summed E-state index contributed by atoms with van der Waals surface area (Å²) in [7, 11) is 1.15. The fourth-order valence-corrected chi connectivity index (χ4v) is 3.61. The molecule has 0 N–H and O–H groups in total. The van der Waals surface area contributed by atoms with Crippen LogP contribution in [-0.2, 0) is 13.8 Å². The van der Waals surface area contributed by atoms with Gasteiger partial charge < -0.3 is 4.74 Å². The van der Waals surface area contributed by atoms with Crippen LogP contribution >= 0.6 is 33.9 Å². The molecular formula is C13H15Cl3O4S. The second kappa shape index (κ2) is 7.68. The fraction of sp³-hybridized carbons (Fsp3) is 0.462. The summed E-state index contributed by atoms with van der Waals surface area (Å²) in [6.45, 7) is 4.20. The van der Waals surface area contributed by atoms with Crippen molar-refractivity contribution in [3.8, 4) is 0 Å². The topological polar surface area (TPSA) is 60.4 Å². The number of rotatable bonds is 6. The molecule has 4 nitrogen and oxygen atoms in total. The van der Waals surface area contributed by atoms with E-state index in [4.69, 9.17) is 38.6 Å². The van der Waals surface area contributed by atoms with Crippen LogP contribution in [-0.4, -0.2) is 21.0 Å². The van der Waals surface area contributed by atoms with Crippen LogP contribution in [0.3, 0.4) is 0 Å². The second-order valence-corrected chi connectivity index (χ2v) is 8.04. The lowest BCUT2D eigenvalue weighted by molar-refractivity contribution is 0.0443. The first-order valence-corrected chi connectivity index (χ1v) is 9.34. The van der Waals surface area contributed by atoms with Crippen LogP contribution in [0.4, 0.5) is 0 Å². The first kappa shape index (κ1) is 18.6. The summed E-state index contributed by atoms with van der Waals surface area (Å²) in [5.74, 6) is -0.528. The van der Waals surface area contributed by atoms with Crippen molar-refractivity contribution in [2.24, 2.45) is 5.92 Å². The van der Waals surface area contributed by atoms with Crippen LogP contribution in [0.2, 0.25) is 10.0 Å². The number of benzene rings is 1. The highest BCUT2D eigenvalue weighted by atomic mass is 35.7. The van der Waals surface area contributed by atoms with E-state index in [1.807, 2.05) is 13.8 Å². The summed E-state index contributed by atoms with van der Waals surface area (Å²) in [6.07, 6.45) is 1.89. The van der Waals surface area contributed by atoms with Gasteiger partial charge in [-0.05, 0) is 24.5 Å². The normalized spacial score (nSPS) is 13.0. The van der Waals surface area contributed by atoms with Crippen molar-refractivity contribution in [1.29, 1.82) is 0 Å². The minimum Gasteiger partial charge on any atom is -0.462 e. The summed E-state index contributed by atoms with van der Waals surface area (Å²) < 4.78 is 27.9. The Bertz CT molecular complexity index is 629. The van der Waals surface area contributed by atoms with Crippen molar-refractivity contribution in [2.45, 2.75) is 31.6 Å². The third-order valence-electron chi connectivity index (χ3n) is 2.77. The molecule has 1 atom stereocenters. The van der Waals surface area contributed by atoms with E-state index in [2.05, 4.69) is 0 Å². The third kappa shape index (κ3) is 5.33. The lowest BCUT2D eigenvalue weighted by Crippen LogP contribution is -2.13. The molecule has 0 aliphatic carbocycles. The van der Waals surface area contributed by atoms with Crippen LogP contribution in [0.25, 0.3) is 0 Å². The highest BCUT2D eigenvalue weighted by molar-refractivity contribution is 8.13. The Morgan fingerprint density at radius 1 is 1.33 bits per heavy atom. The molecule has 0 saturated heterocycles. The monoisotopic (exact) mass is 372 g/mol. The molecule has 0 aliphatic rings. The zero-order chi connectivity index (χ0) is 16.2. The maximum Gasteiger partial charge on any atom is 0.339 e. The maximum atomic E-state index is 12.0. The van der Waals surface area contributed by atoms with Gasteiger partial charge in [-0.2, -0.15) is 0 Å². The molecule has 0 aliphatic heterocycles. The van der Waals surface area contributed by atoms with E-state index in [0.717, 1.165) is 18.9 Å². The summed E-state index contributed by atoms with van der Waals surface area (Å²) in [5.41, 5.74) is -0.118. The van der Waals surface area contributed by atoms with Gasteiger partial charge in [0.2, 0.25) is 0 Å². The first-order chi connectivity index (χ1) is 9.66. The zero-order valence-corrected chi connectivity index (χ0v) is 14.6. The first-order valence-electron chi connectivity index (χ1n) is 6.27. The Morgan fingerprint density at radius 3 is 2.48 bits per heavy atom. The molecule has 1 unspecified atom stereocenters. The highest BCUT2D eigenvalue weighted by Crippen LogP contribution is 2.32. The average molecular weight is 374 g/mol. The molecule has 1 aromatic carbocycles. The number of esters is 1. The van der Waals surface area contributed by atoms with Crippen molar-refractivity contribution in [2.75, 3.05) is 6.61 Å². The van der Waals surface area contributed by atoms with Crippen molar-refractivity contribution < 1.29 is 17.9 Å². The highest BCUT2D eigenvalue weighted by Gasteiger charge is 2.23. The number of halogens is 3. The lowest BCUT2D eigenvalue weighted by Gasteiger charge is -2.12. The quantitative estimate of drug-likeness (QED) is 0.543. The van der Waals surface area contributed by atoms with Crippen LogP contribution in [0.15, 0.2) is 17.0 Å². The summed E-state index contributed by atoms with van der Waals surface area (Å²) in [4.78, 5) is 11.6. The van der Waals surface area contributed by atoms with Crippen molar-refractivity contribution in [1.82, 2.24) is 0 Å². The number of carbonyl (C=O) groups excluding carboxylic acids is 1. The molecule has 21 heavy (non-hydrogen) atoms. The van der Waals surface area contributed by atoms with Gasteiger partial charge in [-0.25, -0.2) is 13.2 Å². The van der Waals surface area contributed by atoms with Gasteiger partial charge in [0.05, 0.1) is 17.2 Å². The van der Waals surface area contributed by atoms with Crippen LogP contribution < -0.4 is 0 Å². The average Bonchev–Trinajstić information content (AvgIpc) is 2.37. The Morgan fingerprint density at radius 2 is 1.95 bits per heavy atom. The zero-order valence-electron chi connectivity index (χ0n) is 11.5. The molecule has 0 heterocycles. The number of hydrogen-bond donors (Lipinski definition) is 0. The molecule has 0 aromatic heterocycles. The van der Waals surface area contributed by atoms with E-state index in [1.165, 1.54) is 6.07 Å². The predicted molar refractivity (Wildman–Crippen MR) is 83.9 cm³/mol. The van der Waals surface area contributed by atoms with Crippen LogP contribution in [0.1, 0.15) is 37.0 Å². The molecule has 118 valence electrons. The molecule has 1 rings (SSSR count). The van der Waals surface area contributed by atoms with E-state index in [1.54, 1.807) is 0 Å². The van der Waals surface area contributed by atoms with E-state index < -0.39 is 19.9 Å². The molecule has 0 fully saturated rings. The number of carbonyl (C=O) groups is 1. The van der Waals surface area contributed by atoms with E-state index in [-0.39, 0.29) is 28.1 Å². The molecule has 0 radical (unpaired) electrons. The molecule has 8 heteroatoms. The third-order valence-corrected chi connectivity index (χ3v) is 4.85. The molecular weight excluding hydrogens is 359 g/mol. The molecule has 0 spiro atoms. The smallest absolute Gasteiger partial charge is 0.339 e. The lowest BCUT2D eigenvalue weighted by atomic mass is 10.1. The summed E-state index contributed by atoms with van der Waals surface area (Å²) >= 11 is 11.7. The van der Waals surface area contributed by atoms with E-state index in [0.29, 0.717) is 0 Å². The summed E-state index contributed by atoms with van der Waals surface area (Å²) in [6, 6.07) is 2.34. The second-order valence-electron chi connectivity index (χ2n) is 4.70. The Hall–Kier alpha value is -0.490. The summed E-state index contributed by atoms with van der Waals surface area (Å²) in [5, 5.41) is -0.255. The minimum atomic E-state index is -4.10. The van der Waals surface area contributed by atoms with Crippen molar-refractivity contribution in [3.63, 3.8) is 0 Å². The largest absolute Gasteiger partial charge is 0.462 e. The van der Waals surface area contributed by atoms with Gasteiger partial charge >= 0.3 is 5.97 Å². The van der Waals surface area contributed by atoms with Gasteiger partial charge in [0.15, 0.2) is 0 Å². The molecule has 0 amide bonds. The Kier molecular flexibility index (Phi) is 6.78. The SMILES string of the molecule is CCCC(C)COC(=O)c1cc(Cl)cc(S(=O)(=O)Cl)c1Cl. The van der Waals surface area contributed by atoms with Gasteiger partial charge in [-0.15, -0.1) is 0 Å². The fourth-order valence-electron chi connectivity index (χ4n) is 1.76. The Balaban J connectivity index is 3.03. The van der Waals surface area contributed by atoms with Crippen molar-refractivity contribution >= 4 is 48.9 Å². The van der Waals surface area contributed by atoms with Gasteiger partial charge in [-0.1, -0.05) is 43.5 Å². The number of hydrogen-bond acceptors (Lipinski definition) is 4. The Labute approximate surface area is 138 Å². The van der Waals surface area contributed by atoms with E-state index >= 15 is 0 Å². The van der Waals surface area contributed by atoms with Crippen LogP contribution in [0.5, 0.6) is 0 Å². The molecule has 1 aromatic rings. The standard InChI is InChI=1S/C13H15Cl3O4S/c1-3-4-8(2)7-20-13(17)10-5-9(14)6-11(12(10)15)21(16,18)19/h5-6,8H,3-4,7H2,1-2H3. The maximum absolute atomic E-state index is 12.0. The van der Waals surface area contributed by atoms with E-state index in [9.17, 15) is 13.2 Å². The van der Waals surface area contributed by atoms with Gasteiger partial charge in [-0.3, -0.25) is 0 Å². The van der Waals surface area contributed by atoms with Gasteiger partial charge in [0.25, 0.3) is 9.05 Å². The van der Waals surface area contributed by atoms with Crippen LogP contribution in [0, 0.1) is 5.92 Å². The van der Waals surface area contributed by atoms with Crippen molar-refractivity contribution in [3.05, 3.63) is 27.7 Å². The minimum absolute atomic E-state index is 0.0344. The van der Waals surface area contributed by atoms with Gasteiger partial charge in [0, 0.05) is 15.7 Å².